The van der Waals surface area contributed by atoms with Gasteiger partial charge in [0, 0.05) is 16.3 Å². The van der Waals surface area contributed by atoms with Gasteiger partial charge in [0.1, 0.15) is 23.3 Å². The molecule has 1 aromatic heterocycles. The molecule has 0 aliphatic carbocycles. The number of ketones is 1. The van der Waals surface area contributed by atoms with Gasteiger partial charge in [-0.05, 0) is 67.9 Å². The number of halogens is 1. The smallest absolute Gasteiger partial charge is 0.300 e. The number of nitrogens with zero attached hydrogens (tertiary/aromatic N) is 1. The number of ether oxygens (including phenoxy) is 1. The summed E-state index contributed by atoms with van der Waals surface area (Å²) in [6.07, 6.45) is 1.45. The van der Waals surface area contributed by atoms with Gasteiger partial charge >= 0.3 is 0 Å². The van der Waals surface area contributed by atoms with Gasteiger partial charge in [-0.3, -0.25) is 14.5 Å². The summed E-state index contributed by atoms with van der Waals surface area (Å²) in [5, 5.41) is 11.5. The van der Waals surface area contributed by atoms with E-state index in [1.807, 2.05) is 13.8 Å². The molecule has 2 aromatic carbocycles. The van der Waals surface area contributed by atoms with Crippen LogP contribution in [0.5, 0.6) is 5.75 Å². The largest absolute Gasteiger partial charge is 0.507 e. The van der Waals surface area contributed by atoms with Crippen LogP contribution in [-0.4, -0.2) is 23.4 Å². The minimum atomic E-state index is -0.930. The summed E-state index contributed by atoms with van der Waals surface area (Å²) in [5.74, 6) is -0.821. The fraction of sp³-hybridized carbons (Fsp3) is 0.167. The van der Waals surface area contributed by atoms with Crippen LogP contribution < -0.4 is 9.64 Å². The average molecular weight is 438 g/mol. The third kappa shape index (κ3) is 3.70. The van der Waals surface area contributed by atoms with Crippen molar-refractivity contribution in [1.82, 2.24) is 0 Å². The Bertz CT molecular complexity index is 1180. The molecule has 1 saturated heterocycles. The van der Waals surface area contributed by atoms with Gasteiger partial charge in [-0.25, -0.2) is 0 Å². The second-order valence-corrected chi connectivity index (χ2v) is 7.51. The van der Waals surface area contributed by atoms with Gasteiger partial charge in [0.15, 0.2) is 0 Å². The monoisotopic (exact) mass is 437 g/mol. The number of anilines is 1. The summed E-state index contributed by atoms with van der Waals surface area (Å²) >= 11 is 6.11. The lowest BCUT2D eigenvalue weighted by molar-refractivity contribution is -0.132. The predicted octanol–water partition coefficient (Wildman–Crippen LogP) is 5.27. The van der Waals surface area contributed by atoms with Crippen molar-refractivity contribution in [2.45, 2.75) is 19.9 Å². The maximum Gasteiger partial charge on any atom is 0.300 e. The predicted molar refractivity (Wildman–Crippen MR) is 117 cm³/mol. The summed E-state index contributed by atoms with van der Waals surface area (Å²) in [4.78, 5) is 27.3. The van der Waals surface area contributed by atoms with E-state index < -0.39 is 17.7 Å². The Kier molecular flexibility index (Phi) is 5.57. The number of amides is 1. The van der Waals surface area contributed by atoms with Crippen LogP contribution in [0.2, 0.25) is 5.02 Å². The number of furan rings is 1. The summed E-state index contributed by atoms with van der Waals surface area (Å²) in [6, 6.07) is 14.1. The molecule has 1 unspecified atom stereocenters. The highest BCUT2D eigenvalue weighted by atomic mass is 35.5. The topological polar surface area (TPSA) is 80.0 Å². The first-order chi connectivity index (χ1) is 14.9. The number of rotatable bonds is 5. The molecule has 31 heavy (non-hydrogen) atoms. The van der Waals surface area contributed by atoms with E-state index in [9.17, 15) is 14.7 Å². The van der Waals surface area contributed by atoms with Gasteiger partial charge in [-0.2, -0.15) is 0 Å². The van der Waals surface area contributed by atoms with Crippen LogP contribution in [0, 0.1) is 6.92 Å². The van der Waals surface area contributed by atoms with E-state index in [0.29, 0.717) is 34.4 Å². The van der Waals surface area contributed by atoms with Crippen LogP contribution >= 0.6 is 11.6 Å². The van der Waals surface area contributed by atoms with Crippen LogP contribution in [0.3, 0.4) is 0 Å². The molecule has 6 nitrogen and oxygen atoms in total. The zero-order valence-electron chi connectivity index (χ0n) is 17.0. The van der Waals surface area contributed by atoms with Gasteiger partial charge in [0.25, 0.3) is 11.7 Å². The molecule has 4 rings (SSSR count). The first-order valence-electron chi connectivity index (χ1n) is 9.76. The molecule has 1 aliphatic rings. The average Bonchev–Trinajstić information content (AvgIpc) is 3.36. The van der Waals surface area contributed by atoms with Crippen LogP contribution in [0.4, 0.5) is 5.69 Å². The molecule has 0 radical (unpaired) electrons. The second kappa shape index (κ2) is 8.32. The van der Waals surface area contributed by atoms with Crippen molar-refractivity contribution in [2.75, 3.05) is 11.5 Å². The first-order valence-corrected chi connectivity index (χ1v) is 10.1. The van der Waals surface area contributed by atoms with Gasteiger partial charge in [-0.15, -0.1) is 0 Å². The molecule has 2 heterocycles. The van der Waals surface area contributed by atoms with Crippen molar-refractivity contribution >= 4 is 34.7 Å². The molecule has 158 valence electrons. The molecule has 3 aromatic rings. The number of aliphatic hydroxyl groups excluding tert-OH is 1. The van der Waals surface area contributed by atoms with E-state index in [1.165, 1.54) is 11.2 Å². The highest BCUT2D eigenvalue weighted by Gasteiger charge is 2.48. The van der Waals surface area contributed by atoms with Crippen LogP contribution in [0.15, 0.2) is 70.9 Å². The molecule has 1 fully saturated rings. The molecule has 7 heteroatoms. The second-order valence-electron chi connectivity index (χ2n) is 7.08. The zero-order chi connectivity index (χ0) is 22.1. The molecule has 0 spiro atoms. The number of aliphatic hydroxyl groups is 1. The number of hydrogen-bond donors (Lipinski definition) is 1. The van der Waals surface area contributed by atoms with Crippen molar-refractivity contribution in [1.29, 1.82) is 0 Å². The maximum atomic E-state index is 13.0. The lowest BCUT2D eigenvalue weighted by Gasteiger charge is -2.23. The van der Waals surface area contributed by atoms with Crippen LogP contribution in [0.1, 0.15) is 29.9 Å². The van der Waals surface area contributed by atoms with E-state index >= 15 is 0 Å². The van der Waals surface area contributed by atoms with Crippen molar-refractivity contribution in [3.63, 3.8) is 0 Å². The number of hydrogen-bond acceptors (Lipinski definition) is 5. The minimum absolute atomic E-state index is 0.0523. The quantitative estimate of drug-likeness (QED) is 0.334. The van der Waals surface area contributed by atoms with Crippen LogP contribution in [-0.2, 0) is 9.59 Å². The number of benzene rings is 2. The van der Waals surface area contributed by atoms with Gasteiger partial charge in [-0.1, -0.05) is 17.7 Å². The van der Waals surface area contributed by atoms with Crippen molar-refractivity contribution < 1.29 is 23.8 Å². The highest BCUT2D eigenvalue weighted by molar-refractivity contribution is 6.51. The Morgan fingerprint density at radius 2 is 1.97 bits per heavy atom. The summed E-state index contributed by atoms with van der Waals surface area (Å²) in [7, 11) is 0. The first kappa shape index (κ1) is 20.8. The summed E-state index contributed by atoms with van der Waals surface area (Å²) in [5.41, 5.74) is 1.58. The van der Waals surface area contributed by atoms with E-state index in [4.69, 9.17) is 20.8 Å². The lowest BCUT2D eigenvalue weighted by Crippen LogP contribution is -2.29. The van der Waals surface area contributed by atoms with Crippen LogP contribution in [0.25, 0.3) is 5.76 Å². The van der Waals surface area contributed by atoms with E-state index in [1.54, 1.807) is 54.6 Å². The zero-order valence-corrected chi connectivity index (χ0v) is 17.7. The molecule has 1 N–H and O–H groups in total. The Hall–Kier alpha value is -3.51. The lowest BCUT2D eigenvalue weighted by atomic mass is 9.98. The fourth-order valence-electron chi connectivity index (χ4n) is 3.71. The van der Waals surface area contributed by atoms with E-state index in [2.05, 4.69) is 0 Å². The molecular formula is C24H20ClNO5. The van der Waals surface area contributed by atoms with Gasteiger partial charge < -0.3 is 14.3 Å². The fourth-order valence-corrected chi connectivity index (χ4v) is 3.90. The Morgan fingerprint density at radius 1 is 1.16 bits per heavy atom. The van der Waals surface area contributed by atoms with Crippen molar-refractivity contribution in [2.24, 2.45) is 0 Å². The Labute approximate surface area is 184 Å². The van der Waals surface area contributed by atoms with E-state index in [0.717, 1.165) is 5.56 Å². The molecular weight excluding hydrogens is 418 g/mol. The Balaban J connectivity index is 1.88. The summed E-state index contributed by atoms with van der Waals surface area (Å²) < 4.78 is 11.1. The SMILES string of the molecule is CCOc1ccc(/C(O)=C2/C(=O)C(=O)N(c3cccc(Cl)c3)C2c2ccco2)cc1C. The number of aryl methyl sites for hydroxylation is 1. The molecule has 1 amide bonds. The highest BCUT2D eigenvalue weighted by Crippen LogP contribution is 2.43. The number of Topliss-reactive ketones (excluding diaryl/α,β-unsaturated/α-hetero) is 1. The standard InChI is InChI=1S/C24H20ClNO5/c1-3-30-18-10-9-15(12-14(18)2)22(27)20-21(19-8-5-11-31-19)26(24(29)23(20)28)17-7-4-6-16(25)13-17/h4-13,21,27H,3H2,1-2H3/b22-20-. The molecule has 1 atom stereocenters. The third-order valence-electron chi connectivity index (χ3n) is 5.09. The Morgan fingerprint density at radius 3 is 2.61 bits per heavy atom. The maximum absolute atomic E-state index is 13.0. The molecule has 0 saturated carbocycles. The minimum Gasteiger partial charge on any atom is -0.507 e. The third-order valence-corrected chi connectivity index (χ3v) is 5.33. The van der Waals surface area contributed by atoms with Crippen molar-refractivity contribution in [3.8, 4) is 5.75 Å². The normalized spacial score (nSPS) is 17.9. The van der Waals surface area contributed by atoms with Gasteiger partial charge in [0.2, 0.25) is 0 Å². The van der Waals surface area contributed by atoms with Crippen molar-refractivity contribution in [3.05, 3.63) is 88.3 Å². The van der Waals surface area contributed by atoms with Gasteiger partial charge in [0.05, 0.1) is 18.4 Å². The molecule has 1 aliphatic heterocycles. The molecule has 0 bridgehead atoms. The number of carbonyl (C=O) groups is 2. The summed E-state index contributed by atoms with van der Waals surface area (Å²) in [6.45, 7) is 4.24. The van der Waals surface area contributed by atoms with E-state index in [-0.39, 0.29) is 11.3 Å². The number of carbonyl (C=O) groups excluding carboxylic acids is 2.